The van der Waals surface area contributed by atoms with Gasteiger partial charge >= 0.3 is 0 Å². The van der Waals surface area contributed by atoms with Crippen LogP contribution in [0.2, 0.25) is 0 Å². The summed E-state index contributed by atoms with van der Waals surface area (Å²) in [6, 6.07) is 5.47. The SMILES string of the molecule is COCc1cccc(N2CC=CCC2)c1F. The molecule has 0 bridgehead atoms. The maximum atomic E-state index is 14.1. The van der Waals surface area contributed by atoms with Crippen molar-refractivity contribution < 1.29 is 9.13 Å². The van der Waals surface area contributed by atoms with E-state index in [9.17, 15) is 4.39 Å². The lowest BCUT2D eigenvalue weighted by molar-refractivity contribution is 0.181. The molecule has 3 heteroatoms. The van der Waals surface area contributed by atoms with E-state index >= 15 is 0 Å². The van der Waals surface area contributed by atoms with Crippen LogP contribution in [0, 0.1) is 5.82 Å². The van der Waals surface area contributed by atoms with Crippen molar-refractivity contribution in [3.05, 3.63) is 41.7 Å². The van der Waals surface area contributed by atoms with Gasteiger partial charge in [0.15, 0.2) is 5.82 Å². The average molecular weight is 221 g/mol. The Balaban J connectivity index is 2.26. The lowest BCUT2D eigenvalue weighted by Crippen LogP contribution is -2.27. The Morgan fingerprint density at radius 2 is 2.25 bits per heavy atom. The third kappa shape index (κ3) is 2.25. The first-order chi connectivity index (χ1) is 7.83. The van der Waals surface area contributed by atoms with E-state index in [2.05, 4.69) is 17.1 Å². The van der Waals surface area contributed by atoms with E-state index in [0.29, 0.717) is 17.9 Å². The molecule has 0 radical (unpaired) electrons. The van der Waals surface area contributed by atoms with Crippen LogP contribution in [-0.2, 0) is 11.3 Å². The molecule has 0 N–H and O–H groups in total. The van der Waals surface area contributed by atoms with E-state index in [1.165, 1.54) is 0 Å². The summed E-state index contributed by atoms with van der Waals surface area (Å²) < 4.78 is 19.1. The molecular weight excluding hydrogens is 205 g/mol. The van der Waals surface area contributed by atoms with Crippen LogP contribution in [0.5, 0.6) is 0 Å². The van der Waals surface area contributed by atoms with Crippen LogP contribution >= 0.6 is 0 Å². The smallest absolute Gasteiger partial charge is 0.152 e. The summed E-state index contributed by atoms with van der Waals surface area (Å²) in [5.74, 6) is -0.153. The summed E-state index contributed by atoms with van der Waals surface area (Å²) in [7, 11) is 1.58. The molecular formula is C13H16FNO. The molecule has 0 saturated carbocycles. The predicted octanol–water partition coefficient (Wildman–Crippen LogP) is 2.74. The predicted molar refractivity (Wildman–Crippen MR) is 63.1 cm³/mol. The largest absolute Gasteiger partial charge is 0.380 e. The van der Waals surface area contributed by atoms with Crippen LogP contribution in [0.1, 0.15) is 12.0 Å². The summed E-state index contributed by atoms with van der Waals surface area (Å²) in [4.78, 5) is 2.05. The van der Waals surface area contributed by atoms with E-state index in [0.717, 1.165) is 19.5 Å². The van der Waals surface area contributed by atoms with Crippen molar-refractivity contribution >= 4 is 5.69 Å². The number of hydrogen-bond acceptors (Lipinski definition) is 2. The molecule has 0 aromatic heterocycles. The Bertz CT molecular complexity index is 390. The molecule has 1 aromatic rings. The monoisotopic (exact) mass is 221 g/mol. The highest BCUT2D eigenvalue weighted by Gasteiger charge is 2.14. The van der Waals surface area contributed by atoms with Gasteiger partial charge in [-0.1, -0.05) is 24.3 Å². The molecule has 86 valence electrons. The normalized spacial score (nSPS) is 15.5. The van der Waals surface area contributed by atoms with Crippen molar-refractivity contribution in [2.75, 3.05) is 25.1 Å². The molecule has 2 rings (SSSR count). The number of halogens is 1. The van der Waals surface area contributed by atoms with Gasteiger partial charge in [0, 0.05) is 25.8 Å². The number of ether oxygens (including phenoxy) is 1. The average Bonchev–Trinajstić information content (AvgIpc) is 2.33. The highest BCUT2D eigenvalue weighted by Crippen LogP contribution is 2.24. The molecule has 16 heavy (non-hydrogen) atoms. The summed E-state index contributed by atoms with van der Waals surface area (Å²) in [5, 5.41) is 0. The van der Waals surface area contributed by atoms with Gasteiger partial charge in [-0.2, -0.15) is 0 Å². The fourth-order valence-corrected chi connectivity index (χ4v) is 1.94. The van der Waals surface area contributed by atoms with E-state index < -0.39 is 0 Å². The Labute approximate surface area is 95.3 Å². The van der Waals surface area contributed by atoms with Gasteiger partial charge in [0.25, 0.3) is 0 Å². The molecule has 1 aliphatic rings. The standard InChI is InChI=1S/C13H16FNO/c1-16-10-11-6-5-7-12(13(11)14)15-8-3-2-4-9-15/h2-3,5-7H,4,8-10H2,1H3. The second-order valence-electron chi connectivity index (χ2n) is 3.89. The van der Waals surface area contributed by atoms with Crippen LogP contribution in [0.4, 0.5) is 10.1 Å². The van der Waals surface area contributed by atoms with Crippen molar-refractivity contribution in [2.45, 2.75) is 13.0 Å². The van der Waals surface area contributed by atoms with Gasteiger partial charge in [0.1, 0.15) is 0 Å². The molecule has 0 amide bonds. The number of hydrogen-bond donors (Lipinski definition) is 0. The Hall–Kier alpha value is -1.35. The molecule has 0 aliphatic carbocycles. The number of methoxy groups -OCH3 is 1. The number of nitrogens with zero attached hydrogens (tertiary/aromatic N) is 1. The fraction of sp³-hybridized carbons (Fsp3) is 0.385. The van der Waals surface area contributed by atoms with E-state index in [4.69, 9.17) is 4.74 Å². The first-order valence-electron chi connectivity index (χ1n) is 5.49. The molecule has 1 aromatic carbocycles. The minimum atomic E-state index is -0.153. The molecule has 1 heterocycles. The summed E-state index contributed by atoms with van der Waals surface area (Å²) in [5.41, 5.74) is 1.30. The second kappa shape index (κ2) is 5.12. The van der Waals surface area contributed by atoms with Crippen LogP contribution in [0.3, 0.4) is 0 Å². The summed E-state index contributed by atoms with van der Waals surface area (Å²) in [6.07, 6.45) is 5.19. The Kier molecular flexibility index (Phi) is 3.57. The minimum absolute atomic E-state index is 0.153. The number of rotatable bonds is 3. The van der Waals surface area contributed by atoms with Crippen LogP contribution in [0.15, 0.2) is 30.4 Å². The molecule has 2 nitrogen and oxygen atoms in total. The minimum Gasteiger partial charge on any atom is -0.380 e. The zero-order chi connectivity index (χ0) is 11.4. The van der Waals surface area contributed by atoms with Crippen LogP contribution < -0.4 is 4.90 Å². The third-order valence-corrected chi connectivity index (χ3v) is 2.76. The van der Waals surface area contributed by atoms with E-state index in [-0.39, 0.29) is 5.82 Å². The maximum Gasteiger partial charge on any atom is 0.152 e. The van der Waals surface area contributed by atoms with Gasteiger partial charge in [-0.25, -0.2) is 4.39 Å². The highest BCUT2D eigenvalue weighted by atomic mass is 19.1. The van der Waals surface area contributed by atoms with Crippen LogP contribution in [-0.4, -0.2) is 20.2 Å². The fourth-order valence-electron chi connectivity index (χ4n) is 1.94. The van der Waals surface area contributed by atoms with Crippen molar-refractivity contribution in [1.82, 2.24) is 0 Å². The Morgan fingerprint density at radius 3 is 2.94 bits per heavy atom. The van der Waals surface area contributed by atoms with Crippen LogP contribution in [0.25, 0.3) is 0 Å². The quantitative estimate of drug-likeness (QED) is 0.728. The third-order valence-electron chi connectivity index (χ3n) is 2.76. The molecule has 0 unspecified atom stereocenters. The van der Waals surface area contributed by atoms with Crippen molar-refractivity contribution in [2.24, 2.45) is 0 Å². The molecule has 0 spiro atoms. The van der Waals surface area contributed by atoms with E-state index in [1.807, 2.05) is 12.1 Å². The first kappa shape index (κ1) is 11.1. The number of anilines is 1. The molecule has 1 aliphatic heterocycles. The van der Waals surface area contributed by atoms with E-state index in [1.54, 1.807) is 13.2 Å². The van der Waals surface area contributed by atoms with Gasteiger partial charge in [0.05, 0.1) is 12.3 Å². The molecule has 0 saturated heterocycles. The van der Waals surface area contributed by atoms with Crippen molar-refractivity contribution in [3.8, 4) is 0 Å². The number of benzene rings is 1. The maximum absolute atomic E-state index is 14.1. The molecule has 0 atom stereocenters. The topological polar surface area (TPSA) is 12.5 Å². The first-order valence-corrected chi connectivity index (χ1v) is 5.49. The van der Waals surface area contributed by atoms with Gasteiger partial charge < -0.3 is 9.64 Å². The zero-order valence-electron chi connectivity index (χ0n) is 9.45. The van der Waals surface area contributed by atoms with Gasteiger partial charge in [0.2, 0.25) is 0 Å². The van der Waals surface area contributed by atoms with Gasteiger partial charge in [-0.3, -0.25) is 0 Å². The van der Waals surface area contributed by atoms with Gasteiger partial charge in [-0.05, 0) is 12.5 Å². The van der Waals surface area contributed by atoms with Crippen molar-refractivity contribution in [1.29, 1.82) is 0 Å². The lowest BCUT2D eigenvalue weighted by Gasteiger charge is -2.26. The lowest BCUT2D eigenvalue weighted by atomic mass is 10.1. The van der Waals surface area contributed by atoms with Crippen molar-refractivity contribution in [3.63, 3.8) is 0 Å². The highest BCUT2D eigenvalue weighted by molar-refractivity contribution is 5.51. The Morgan fingerprint density at radius 1 is 1.38 bits per heavy atom. The molecule has 0 fully saturated rings. The summed E-state index contributed by atoms with van der Waals surface area (Å²) >= 11 is 0. The van der Waals surface area contributed by atoms with Gasteiger partial charge in [-0.15, -0.1) is 0 Å². The zero-order valence-corrected chi connectivity index (χ0v) is 9.45. The second-order valence-corrected chi connectivity index (χ2v) is 3.89. The summed E-state index contributed by atoms with van der Waals surface area (Å²) in [6.45, 7) is 1.99.